The highest BCUT2D eigenvalue weighted by molar-refractivity contribution is 5.30. The van der Waals surface area contributed by atoms with Gasteiger partial charge in [0.05, 0.1) is 5.60 Å². The Hall–Kier alpha value is -0.820. The molecular formula is C18H26O. The predicted molar refractivity (Wildman–Crippen MR) is 79.2 cm³/mol. The maximum Gasteiger partial charge on any atom is 0.0896 e. The average Bonchev–Trinajstić information content (AvgIpc) is 2.38. The summed E-state index contributed by atoms with van der Waals surface area (Å²) in [6.45, 7) is 2.02. The van der Waals surface area contributed by atoms with E-state index in [1.165, 1.54) is 56.9 Å². The van der Waals surface area contributed by atoms with E-state index in [4.69, 9.17) is 0 Å². The molecular weight excluding hydrogens is 232 g/mol. The Morgan fingerprint density at radius 2 is 1.53 bits per heavy atom. The van der Waals surface area contributed by atoms with Gasteiger partial charge in [0, 0.05) is 0 Å². The quantitative estimate of drug-likeness (QED) is 0.830. The number of rotatable bonds is 3. The van der Waals surface area contributed by atoms with Crippen molar-refractivity contribution in [3.8, 4) is 0 Å². The molecule has 0 radical (unpaired) electrons. The molecule has 2 aliphatic rings. The summed E-state index contributed by atoms with van der Waals surface area (Å²) in [5, 5.41) is 10.9. The molecule has 2 saturated carbocycles. The van der Waals surface area contributed by atoms with Crippen LogP contribution in [0.1, 0.15) is 75.3 Å². The minimum absolute atomic E-state index is 0.441. The first kappa shape index (κ1) is 13.2. The number of hydrogen-bond acceptors (Lipinski definition) is 1. The smallest absolute Gasteiger partial charge is 0.0896 e. The van der Waals surface area contributed by atoms with Gasteiger partial charge in [-0.2, -0.15) is 0 Å². The van der Waals surface area contributed by atoms with E-state index in [1.807, 2.05) is 6.92 Å². The summed E-state index contributed by atoms with van der Waals surface area (Å²) in [7, 11) is 0. The average molecular weight is 258 g/mol. The second-order valence-electron chi connectivity index (χ2n) is 6.73. The lowest BCUT2D eigenvalue weighted by molar-refractivity contribution is -0.0215. The van der Waals surface area contributed by atoms with Crippen LogP contribution in [0, 0.1) is 5.92 Å². The first-order valence-corrected chi connectivity index (χ1v) is 8.01. The first-order valence-electron chi connectivity index (χ1n) is 8.01. The van der Waals surface area contributed by atoms with Crippen LogP contribution in [-0.4, -0.2) is 5.11 Å². The monoisotopic (exact) mass is 258 g/mol. The molecule has 0 aliphatic heterocycles. The maximum absolute atomic E-state index is 10.9. The van der Waals surface area contributed by atoms with Crippen molar-refractivity contribution in [2.45, 2.75) is 69.8 Å². The van der Waals surface area contributed by atoms with Crippen LogP contribution in [-0.2, 0) is 5.60 Å². The molecule has 0 bridgehead atoms. The summed E-state index contributed by atoms with van der Waals surface area (Å²) < 4.78 is 0. The van der Waals surface area contributed by atoms with Crippen molar-refractivity contribution >= 4 is 0 Å². The van der Waals surface area contributed by atoms with Crippen LogP contribution in [0.4, 0.5) is 0 Å². The van der Waals surface area contributed by atoms with Crippen molar-refractivity contribution < 1.29 is 5.11 Å². The van der Waals surface area contributed by atoms with Gasteiger partial charge >= 0.3 is 0 Å². The van der Waals surface area contributed by atoms with Crippen molar-refractivity contribution in [2.24, 2.45) is 5.92 Å². The lowest BCUT2D eigenvalue weighted by Gasteiger charge is -2.36. The van der Waals surface area contributed by atoms with Crippen molar-refractivity contribution in [3.05, 3.63) is 35.4 Å². The molecule has 1 aromatic carbocycles. The third kappa shape index (κ3) is 2.58. The van der Waals surface area contributed by atoms with E-state index >= 15 is 0 Å². The normalized spacial score (nSPS) is 24.7. The first-order chi connectivity index (χ1) is 9.18. The molecule has 0 heterocycles. The summed E-state index contributed by atoms with van der Waals surface area (Å²) in [6, 6.07) is 8.83. The van der Waals surface area contributed by atoms with E-state index in [-0.39, 0.29) is 0 Å². The highest BCUT2D eigenvalue weighted by atomic mass is 16.3. The van der Waals surface area contributed by atoms with Crippen LogP contribution in [0.3, 0.4) is 0 Å². The SMILES string of the molecule is CC(O)(c1ccc(C2CCC2)cc1)C1CCCCC1. The van der Waals surface area contributed by atoms with Crippen molar-refractivity contribution in [1.29, 1.82) is 0 Å². The Kier molecular flexibility index (Phi) is 3.66. The molecule has 104 valence electrons. The fraction of sp³-hybridized carbons (Fsp3) is 0.667. The molecule has 0 amide bonds. The van der Waals surface area contributed by atoms with E-state index in [1.54, 1.807) is 0 Å². The molecule has 1 heteroatoms. The van der Waals surface area contributed by atoms with Gasteiger partial charge < -0.3 is 5.11 Å². The zero-order valence-corrected chi connectivity index (χ0v) is 12.1. The van der Waals surface area contributed by atoms with Gasteiger partial charge in [-0.15, -0.1) is 0 Å². The molecule has 1 N–H and O–H groups in total. The van der Waals surface area contributed by atoms with Crippen LogP contribution in [0.5, 0.6) is 0 Å². The van der Waals surface area contributed by atoms with Gasteiger partial charge in [0.1, 0.15) is 0 Å². The van der Waals surface area contributed by atoms with Crippen molar-refractivity contribution in [2.75, 3.05) is 0 Å². The summed E-state index contributed by atoms with van der Waals surface area (Å²) in [5.41, 5.74) is 1.94. The van der Waals surface area contributed by atoms with Gasteiger partial charge in [0.15, 0.2) is 0 Å². The third-order valence-electron chi connectivity index (χ3n) is 5.47. The summed E-state index contributed by atoms with van der Waals surface area (Å²) in [6.07, 6.45) is 10.3. The Morgan fingerprint density at radius 3 is 2.05 bits per heavy atom. The maximum atomic E-state index is 10.9. The van der Waals surface area contributed by atoms with Crippen molar-refractivity contribution in [3.63, 3.8) is 0 Å². The van der Waals surface area contributed by atoms with E-state index in [0.717, 1.165) is 11.5 Å². The van der Waals surface area contributed by atoms with Gasteiger partial charge in [-0.25, -0.2) is 0 Å². The molecule has 3 rings (SSSR count). The summed E-state index contributed by atoms with van der Waals surface area (Å²) in [4.78, 5) is 0. The number of aliphatic hydroxyl groups is 1. The van der Waals surface area contributed by atoms with Crippen molar-refractivity contribution in [1.82, 2.24) is 0 Å². The highest BCUT2D eigenvalue weighted by Crippen LogP contribution is 2.41. The molecule has 1 nitrogen and oxygen atoms in total. The molecule has 1 unspecified atom stereocenters. The van der Waals surface area contributed by atoms with Crippen LogP contribution in [0.15, 0.2) is 24.3 Å². The molecule has 0 aromatic heterocycles. The fourth-order valence-electron chi connectivity index (χ4n) is 3.73. The molecule has 2 fully saturated rings. The van der Waals surface area contributed by atoms with Gasteiger partial charge in [0.25, 0.3) is 0 Å². The zero-order chi connectivity index (χ0) is 13.3. The Morgan fingerprint density at radius 1 is 0.895 bits per heavy atom. The fourth-order valence-corrected chi connectivity index (χ4v) is 3.73. The van der Waals surface area contributed by atoms with Crippen LogP contribution in [0.2, 0.25) is 0 Å². The summed E-state index contributed by atoms with van der Waals surface area (Å²) in [5.74, 6) is 1.23. The minimum Gasteiger partial charge on any atom is -0.385 e. The van der Waals surface area contributed by atoms with E-state index in [0.29, 0.717) is 5.92 Å². The van der Waals surface area contributed by atoms with E-state index in [9.17, 15) is 5.11 Å². The van der Waals surface area contributed by atoms with Gasteiger partial charge in [-0.1, -0.05) is 49.9 Å². The molecule has 2 aliphatic carbocycles. The molecule has 0 spiro atoms. The predicted octanol–water partition coefficient (Wildman–Crippen LogP) is 4.74. The summed E-state index contributed by atoms with van der Waals surface area (Å²) >= 11 is 0. The minimum atomic E-state index is -0.640. The molecule has 0 saturated heterocycles. The molecule has 1 atom stereocenters. The lowest BCUT2D eigenvalue weighted by atomic mass is 9.73. The number of benzene rings is 1. The standard InChI is InChI=1S/C18H26O/c1-18(19,16-8-3-2-4-9-16)17-12-10-15(11-13-17)14-6-5-7-14/h10-14,16,19H,2-9H2,1H3. The highest BCUT2D eigenvalue weighted by Gasteiger charge is 2.34. The number of hydrogen-bond donors (Lipinski definition) is 1. The zero-order valence-electron chi connectivity index (χ0n) is 12.1. The van der Waals surface area contributed by atoms with Crippen LogP contribution >= 0.6 is 0 Å². The van der Waals surface area contributed by atoms with Gasteiger partial charge in [-0.05, 0) is 55.6 Å². The largest absolute Gasteiger partial charge is 0.385 e. The third-order valence-corrected chi connectivity index (χ3v) is 5.47. The van der Waals surface area contributed by atoms with E-state index in [2.05, 4.69) is 24.3 Å². The Bertz CT molecular complexity index is 408. The molecule has 19 heavy (non-hydrogen) atoms. The van der Waals surface area contributed by atoms with E-state index < -0.39 is 5.60 Å². The topological polar surface area (TPSA) is 20.2 Å². The second kappa shape index (κ2) is 5.28. The second-order valence-corrected chi connectivity index (χ2v) is 6.73. The lowest BCUT2D eigenvalue weighted by Crippen LogP contribution is -2.33. The Balaban J connectivity index is 1.75. The molecule has 1 aromatic rings. The van der Waals surface area contributed by atoms with Gasteiger partial charge in [-0.3, -0.25) is 0 Å². The Labute approximate surface area is 117 Å². The van der Waals surface area contributed by atoms with Gasteiger partial charge in [0.2, 0.25) is 0 Å². The van der Waals surface area contributed by atoms with Crippen LogP contribution in [0.25, 0.3) is 0 Å². The van der Waals surface area contributed by atoms with Crippen LogP contribution < -0.4 is 0 Å².